The molecule has 0 fully saturated rings. The highest BCUT2D eigenvalue weighted by Gasteiger charge is 2.11. The lowest BCUT2D eigenvalue weighted by Crippen LogP contribution is -2.14. The molecule has 9 heavy (non-hydrogen) atoms. The van der Waals surface area contributed by atoms with Gasteiger partial charge in [0.05, 0.1) is 0 Å². The molecule has 4 heteroatoms. The number of alkyl halides is 1. The van der Waals surface area contributed by atoms with Gasteiger partial charge in [-0.1, -0.05) is 0 Å². The topological polar surface area (TPSA) is 63.3 Å². The summed E-state index contributed by atoms with van der Waals surface area (Å²) in [4.78, 5) is 10.0. The molecule has 54 valence electrons. The molecule has 0 bridgehead atoms. The number of hydrogen-bond acceptors (Lipinski definition) is 2. The molecule has 0 unspecified atom stereocenters. The minimum atomic E-state index is -0.967. The second-order valence-electron chi connectivity index (χ2n) is 1.74. The smallest absolute Gasteiger partial charge is 0.321 e. The van der Waals surface area contributed by atoms with Crippen LogP contribution >= 0.6 is 11.6 Å². The highest BCUT2D eigenvalue weighted by Crippen LogP contribution is 2.03. The van der Waals surface area contributed by atoms with Gasteiger partial charge in [-0.25, -0.2) is 0 Å². The Labute approximate surface area is 58.8 Å². The van der Waals surface area contributed by atoms with Gasteiger partial charge in [-0.05, 0) is 19.4 Å². The van der Waals surface area contributed by atoms with E-state index in [1.165, 1.54) is 0 Å². The number of carboxylic acid groups (broad SMARTS) is 1. The molecule has 0 aromatic carbocycles. The monoisotopic (exact) mass is 151 g/mol. The van der Waals surface area contributed by atoms with E-state index in [1.807, 2.05) is 0 Å². The molecular weight excluding hydrogens is 142 g/mol. The minimum absolute atomic E-state index is 0.452. The molecule has 0 amide bonds. The predicted octanol–water partition coefficient (Wildman–Crippen LogP) is 0.417. The van der Waals surface area contributed by atoms with Crippen molar-refractivity contribution in [3.63, 3.8) is 0 Å². The first-order valence-corrected chi connectivity index (χ1v) is 3.19. The molecule has 0 aliphatic carbocycles. The second-order valence-corrected chi connectivity index (χ2v) is 2.26. The summed E-state index contributed by atoms with van der Waals surface area (Å²) in [5.74, 6) is -0.967. The normalized spacial score (nSPS) is 13.1. The van der Waals surface area contributed by atoms with Gasteiger partial charge in [0.25, 0.3) is 0 Å². The molecule has 0 aliphatic heterocycles. The summed E-state index contributed by atoms with van der Waals surface area (Å²) in [5.41, 5.74) is 5.13. The summed E-state index contributed by atoms with van der Waals surface area (Å²) in [6.45, 7) is 0.497. The molecule has 0 saturated heterocycles. The number of halogens is 1. The average molecular weight is 152 g/mol. The predicted molar refractivity (Wildman–Crippen MR) is 35.6 cm³/mol. The van der Waals surface area contributed by atoms with E-state index in [-0.39, 0.29) is 0 Å². The van der Waals surface area contributed by atoms with Crippen LogP contribution in [0.5, 0.6) is 0 Å². The molecule has 0 spiro atoms. The van der Waals surface area contributed by atoms with Gasteiger partial charge in [0, 0.05) is 0 Å². The van der Waals surface area contributed by atoms with Crippen LogP contribution in [-0.2, 0) is 4.79 Å². The van der Waals surface area contributed by atoms with Crippen molar-refractivity contribution in [2.24, 2.45) is 5.73 Å². The first-order valence-electron chi connectivity index (χ1n) is 2.75. The van der Waals surface area contributed by atoms with E-state index in [9.17, 15) is 4.79 Å². The van der Waals surface area contributed by atoms with Crippen molar-refractivity contribution < 1.29 is 9.90 Å². The van der Waals surface area contributed by atoms with E-state index in [0.717, 1.165) is 0 Å². The Bertz CT molecular complexity index is 97.0. The van der Waals surface area contributed by atoms with E-state index in [4.69, 9.17) is 22.4 Å². The SMILES string of the molecule is NCCC[C@H](Cl)C(=O)O. The van der Waals surface area contributed by atoms with Gasteiger partial charge in [-0.15, -0.1) is 11.6 Å². The zero-order valence-corrected chi connectivity index (χ0v) is 5.77. The van der Waals surface area contributed by atoms with Crippen molar-refractivity contribution in [3.05, 3.63) is 0 Å². The first kappa shape index (κ1) is 8.72. The van der Waals surface area contributed by atoms with Crippen LogP contribution in [0.15, 0.2) is 0 Å². The summed E-state index contributed by atoms with van der Waals surface area (Å²) in [6.07, 6.45) is 1.12. The van der Waals surface area contributed by atoms with Crippen molar-refractivity contribution in [2.45, 2.75) is 18.2 Å². The van der Waals surface area contributed by atoms with Crippen LogP contribution in [0.4, 0.5) is 0 Å². The third kappa shape index (κ3) is 4.24. The van der Waals surface area contributed by atoms with Gasteiger partial charge < -0.3 is 10.8 Å². The van der Waals surface area contributed by atoms with Crippen LogP contribution in [0.2, 0.25) is 0 Å². The minimum Gasteiger partial charge on any atom is -0.480 e. The van der Waals surface area contributed by atoms with E-state index in [1.54, 1.807) is 0 Å². The largest absolute Gasteiger partial charge is 0.480 e. The number of hydrogen-bond donors (Lipinski definition) is 2. The van der Waals surface area contributed by atoms with Crippen LogP contribution in [-0.4, -0.2) is 23.0 Å². The standard InChI is InChI=1S/C5H10ClNO2/c6-4(5(8)9)2-1-3-7/h4H,1-3,7H2,(H,8,9)/t4-/m0/s1. The van der Waals surface area contributed by atoms with E-state index in [2.05, 4.69) is 0 Å². The lowest BCUT2D eigenvalue weighted by Gasteiger charge is -1.99. The van der Waals surface area contributed by atoms with E-state index in [0.29, 0.717) is 19.4 Å². The third-order valence-corrected chi connectivity index (χ3v) is 1.33. The Morgan fingerprint density at radius 2 is 2.33 bits per heavy atom. The van der Waals surface area contributed by atoms with Crippen molar-refractivity contribution in [1.29, 1.82) is 0 Å². The molecule has 0 heterocycles. The van der Waals surface area contributed by atoms with Crippen molar-refractivity contribution in [1.82, 2.24) is 0 Å². The Morgan fingerprint density at radius 3 is 2.67 bits per heavy atom. The summed E-state index contributed by atoms with van der Waals surface area (Å²) >= 11 is 5.34. The molecule has 0 aromatic heterocycles. The Morgan fingerprint density at radius 1 is 1.78 bits per heavy atom. The van der Waals surface area contributed by atoms with E-state index < -0.39 is 11.3 Å². The molecule has 0 aromatic rings. The van der Waals surface area contributed by atoms with Crippen LogP contribution < -0.4 is 5.73 Å². The number of rotatable bonds is 4. The fraction of sp³-hybridized carbons (Fsp3) is 0.800. The summed E-state index contributed by atoms with van der Waals surface area (Å²) in [5, 5.41) is 7.47. The van der Waals surface area contributed by atoms with Crippen molar-refractivity contribution >= 4 is 17.6 Å². The molecular formula is C5H10ClNO2. The lowest BCUT2D eigenvalue weighted by molar-refractivity contribution is -0.136. The second kappa shape index (κ2) is 4.58. The Balaban J connectivity index is 3.27. The molecule has 3 N–H and O–H groups in total. The van der Waals surface area contributed by atoms with Gasteiger partial charge in [0.2, 0.25) is 0 Å². The maximum Gasteiger partial charge on any atom is 0.321 e. The van der Waals surface area contributed by atoms with Crippen molar-refractivity contribution in [3.8, 4) is 0 Å². The van der Waals surface area contributed by atoms with Gasteiger partial charge in [-0.2, -0.15) is 0 Å². The molecule has 1 atom stereocenters. The lowest BCUT2D eigenvalue weighted by atomic mass is 10.2. The number of nitrogens with two attached hydrogens (primary N) is 1. The molecule has 0 rings (SSSR count). The molecule has 0 aliphatic rings. The average Bonchev–Trinajstić information content (AvgIpc) is 1.82. The third-order valence-electron chi connectivity index (χ3n) is 0.930. The molecule has 0 saturated carbocycles. The van der Waals surface area contributed by atoms with E-state index >= 15 is 0 Å². The summed E-state index contributed by atoms with van der Waals surface area (Å²) < 4.78 is 0. The number of aliphatic carboxylic acids is 1. The summed E-state index contributed by atoms with van der Waals surface area (Å²) in [6, 6.07) is 0. The van der Waals surface area contributed by atoms with Crippen molar-refractivity contribution in [2.75, 3.05) is 6.54 Å². The molecule has 0 radical (unpaired) electrons. The van der Waals surface area contributed by atoms with Gasteiger partial charge in [0.15, 0.2) is 0 Å². The molecule has 3 nitrogen and oxygen atoms in total. The van der Waals surface area contributed by atoms with Crippen LogP contribution in [0.25, 0.3) is 0 Å². The van der Waals surface area contributed by atoms with Crippen LogP contribution in [0.3, 0.4) is 0 Å². The first-order chi connectivity index (χ1) is 4.18. The Kier molecular flexibility index (Phi) is 4.44. The van der Waals surface area contributed by atoms with Gasteiger partial charge in [0.1, 0.15) is 5.38 Å². The van der Waals surface area contributed by atoms with Gasteiger partial charge in [-0.3, -0.25) is 4.79 Å². The number of carboxylic acids is 1. The maximum atomic E-state index is 10.0. The quantitative estimate of drug-likeness (QED) is 0.573. The maximum absolute atomic E-state index is 10.0. The number of carbonyl (C=O) groups is 1. The van der Waals surface area contributed by atoms with Gasteiger partial charge >= 0.3 is 5.97 Å². The Hall–Kier alpha value is -0.280. The fourth-order valence-corrected chi connectivity index (χ4v) is 0.575. The van der Waals surface area contributed by atoms with Crippen LogP contribution in [0.1, 0.15) is 12.8 Å². The highest BCUT2D eigenvalue weighted by molar-refractivity contribution is 6.29. The summed E-state index contributed by atoms with van der Waals surface area (Å²) in [7, 11) is 0. The van der Waals surface area contributed by atoms with Crippen LogP contribution in [0, 0.1) is 0 Å². The zero-order valence-electron chi connectivity index (χ0n) is 5.01. The zero-order chi connectivity index (χ0) is 7.28. The fourth-order valence-electron chi connectivity index (χ4n) is 0.421. The highest BCUT2D eigenvalue weighted by atomic mass is 35.5.